The van der Waals surface area contributed by atoms with Gasteiger partial charge in [0.15, 0.2) is 5.78 Å². The van der Waals surface area contributed by atoms with Crippen LogP contribution >= 0.6 is 11.6 Å². The fourth-order valence-electron chi connectivity index (χ4n) is 2.48. The number of ketones is 1. The molecule has 0 saturated heterocycles. The third kappa shape index (κ3) is 2.41. The molecule has 0 N–H and O–H groups in total. The molecule has 96 valence electrons. The van der Waals surface area contributed by atoms with Gasteiger partial charge in [0.2, 0.25) is 0 Å². The lowest BCUT2D eigenvalue weighted by molar-refractivity contribution is 0.103. The normalized spacial score (nSPS) is 15.0. The largest absolute Gasteiger partial charge is 0.289 e. The zero-order chi connectivity index (χ0) is 13.2. The molecule has 0 unspecified atom stereocenters. The molecule has 3 rings (SSSR count). The fraction of sp³-hybridized carbons (Fsp3) is 0.250. The van der Waals surface area contributed by atoms with Gasteiger partial charge in [-0.25, -0.2) is 4.98 Å². The molecule has 1 heterocycles. The number of carbonyl (C=O) groups is 1. The summed E-state index contributed by atoms with van der Waals surface area (Å²) < 4.78 is 0. The van der Waals surface area contributed by atoms with Crippen molar-refractivity contribution in [1.82, 2.24) is 4.98 Å². The first-order valence-corrected chi connectivity index (χ1v) is 6.88. The van der Waals surface area contributed by atoms with E-state index in [0.29, 0.717) is 16.6 Å². The average molecular weight is 272 g/mol. The Morgan fingerprint density at radius 1 is 1.21 bits per heavy atom. The Kier molecular flexibility index (Phi) is 3.34. The van der Waals surface area contributed by atoms with Crippen LogP contribution in [0, 0.1) is 0 Å². The number of nitrogens with zero attached hydrogens (tertiary/aromatic N) is 1. The molecule has 0 bridgehead atoms. The second kappa shape index (κ2) is 5.14. The molecule has 0 spiro atoms. The molecule has 1 aliphatic rings. The molecule has 1 aromatic carbocycles. The zero-order valence-electron chi connectivity index (χ0n) is 10.5. The monoisotopic (exact) mass is 271 g/mol. The van der Waals surface area contributed by atoms with E-state index in [4.69, 9.17) is 11.6 Å². The van der Waals surface area contributed by atoms with E-state index in [0.717, 1.165) is 5.56 Å². The van der Waals surface area contributed by atoms with Crippen molar-refractivity contribution in [2.75, 3.05) is 0 Å². The fourth-order valence-corrected chi connectivity index (χ4v) is 2.65. The zero-order valence-corrected chi connectivity index (χ0v) is 11.2. The number of aromatic nitrogens is 1. The number of benzene rings is 1. The van der Waals surface area contributed by atoms with Gasteiger partial charge in [0.05, 0.1) is 0 Å². The first-order valence-electron chi connectivity index (χ1n) is 6.51. The van der Waals surface area contributed by atoms with Gasteiger partial charge in [-0.3, -0.25) is 4.79 Å². The molecule has 3 heteroatoms. The summed E-state index contributed by atoms with van der Waals surface area (Å²) in [6, 6.07) is 11.2. The Balaban J connectivity index is 1.99. The second-order valence-corrected chi connectivity index (χ2v) is 5.30. The van der Waals surface area contributed by atoms with Crippen molar-refractivity contribution < 1.29 is 4.79 Å². The molecule has 0 atom stereocenters. The Hall–Kier alpha value is -1.67. The lowest BCUT2D eigenvalue weighted by atomic mass is 9.77. The van der Waals surface area contributed by atoms with Gasteiger partial charge in [0.25, 0.3) is 0 Å². The Morgan fingerprint density at radius 3 is 2.68 bits per heavy atom. The van der Waals surface area contributed by atoms with E-state index in [1.165, 1.54) is 24.8 Å². The summed E-state index contributed by atoms with van der Waals surface area (Å²) in [4.78, 5) is 16.5. The van der Waals surface area contributed by atoms with Gasteiger partial charge in [-0.05, 0) is 36.5 Å². The summed E-state index contributed by atoms with van der Waals surface area (Å²) in [5.41, 5.74) is 2.58. The predicted molar refractivity (Wildman–Crippen MR) is 75.7 cm³/mol. The van der Waals surface area contributed by atoms with Crippen LogP contribution in [0.5, 0.6) is 0 Å². The van der Waals surface area contributed by atoms with E-state index in [1.807, 2.05) is 18.2 Å². The average Bonchev–Trinajstić information content (AvgIpc) is 2.37. The van der Waals surface area contributed by atoms with Gasteiger partial charge in [-0.15, -0.1) is 0 Å². The molecule has 2 nitrogen and oxygen atoms in total. The molecule has 0 aliphatic heterocycles. The second-order valence-electron chi connectivity index (χ2n) is 4.91. The summed E-state index contributed by atoms with van der Waals surface area (Å²) in [6.45, 7) is 0. The van der Waals surface area contributed by atoms with Crippen LogP contribution in [-0.2, 0) is 0 Å². The lowest BCUT2D eigenvalue weighted by Gasteiger charge is -2.27. The molecule has 19 heavy (non-hydrogen) atoms. The van der Waals surface area contributed by atoms with E-state index in [9.17, 15) is 4.79 Å². The molecule has 1 aliphatic carbocycles. The minimum atomic E-state index is 0.0341. The number of halogens is 1. The SMILES string of the molecule is O=C(c1ccnc(Cl)c1)c1ccccc1C1CCC1. The van der Waals surface area contributed by atoms with Gasteiger partial charge in [0, 0.05) is 17.3 Å². The van der Waals surface area contributed by atoms with Crippen molar-refractivity contribution in [2.45, 2.75) is 25.2 Å². The summed E-state index contributed by atoms with van der Waals surface area (Å²) in [7, 11) is 0. The third-order valence-electron chi connectivity index (χ3n) is 3.74. The number of carbonyl (C=O) groups excluding carboxylic acids is 1. The minimum Gasteiger partial charge on any atom is -0.289 e. The maximum Gasteiger partial charge on any atom is 0.193 e. The summed E-state index contributed by atoms with van der Waals surface area (Å²) in [5.74, 6) is 0.573. The Labute approximate surface area is 117 Å². The molecule has 1 saturated carbocycles. The standard InChI is InChI=1S/C16H14ClNO/c17-15-10-12(8-9-18-15)16(19)14-7-2-1-6-13(14)11-4-3-5-11/h1-2,6-11H,3-5H2. The topological polar surface area (TPSA) is 30.0 Å². The highest BCUT2D eigenvalue weighted by molar-refractivity contribution is 6.30. The van der Waals surface area contributed by atoms with E-state index in [1.54, 1.807) is 18.3 Å². The molecule has 1 fully saturated rings. The predicted octanol–water partition coefficient (Wildman–Crippen LogP) is 4.23. The van der Waals surface area contributed by atoms with Crippen LogP contribution in [0.25, 0.3) is 0 Å². The van der Waals surface area contributed by atoms with Crippen molar-refractivity contribution in [3.05, 3.63) is 64.4 Å². The highest BCUT2D eigenvalue weighted by atomic mass is 35.5. The number of hydrogen-bond acceptors (Lipinski definition) is 2. The maximum atomic E-state index is 12.6. The van der Waals surface area contributed by atoms with Crippen LogP contribution in [0.1, 0.15) is 46.7 Å². The van der Waals surface area contributed by atoms with Crippen molar-refractivity contribution in [1.29, 1.82) is 0 Å². The van der Waals surface area contributed by atoms with Crippen LogP contribution < -0.4 is 0 Å². The summed E-state index contributed by atoms with van der Waals surface area (Å²) >= 11 is 5.85. The molecule has 0 amide bonds. The lowest BCUT2D eigenvalue weighted by Crippen LogP contribution is -2.14. The van der Waals surface area contributed by atoms with Gasteiger partial charge in [-0.2, -0.15) is 0 Å². The van der Waals surface area contributed by atoms with Crippen LogP contribution in [0.2, 0.25) is 5.15 Å². The van der Waals surface area contributed by atoms with E-state index >= 15 is 0 Å². The van der Waals surface area contributed by atoms with E-state index < -0.39 is 0 Å². The highest BCUT2D eigenvalue weighted by Crippen LogP contribution is 2.38. The van der Waals surface area contributed by atoms with E-state index in [-0.39, 0.29) is 5.78 Å². The molecule has 2 aromatic rings. The number of rotatable bonds is 3. The van der Waals surface area contributed by atoms with Crippen molar-refractivity contribution in [3.8, 4) is 0 Å². The van der Waals surface area contributed by atoms with Crippen LogP contribution in [0.15, 0.2) is 42.6 Å². The maximum absolute atomic E-state index is 12.6. The molecule has 1 aromatic heterocycles. The number of hydrogen-bond donors (Lipinski definition) is 0. The first-order chi connectivity index (χ1) is 9.25. The Bertz CT molecular complexity index is 620. The molecule has 0 radical (unpaired) electrons. The van der Waals surface area contributed by atoms with Crippen LogP contribution in [-0.4, -0.2) is 10.8 Å². The quantitative estimate of drug-likeness (QED) is 0.617. The van der Waals surface area contributed by atoms with Crippen molar-refractivity contribution in [3.63, 3.8) is 0 Å². The van der Waals surface area contributed by atoms with Gasteiger partial charge >= 0.3 is 0 Å². The Morgan fingerprint density at radius 2 is 2.00 bits per heavy atom. The first kappa shape index (κ1) is 12.4. The van der Waals surface area contributed by atoms with Gasteiger partial charge in [0.1, 0.15) is 5.15 Å². The van der Waals surface area contributed by atoms with E-state index in [2.05, 4.69) is 11.1 Å². The van der Waals surface area contributed by atoms with Crippen molar-refractivity contribution in [2.24, 2.45) is 0 Å². The summed E-state index contributed by atoms with van der Waals surface area (Å²) in [5, 5.41) is 0.354. The molecular formula is C16H14ClNO. The number of pyridine rings is 1. The minimum absolute atomic E-state index is 0.0341. The van der Waals surface area contributed by atoms with Crippen LogP contribution in [0.3, 0.4) is 0 Å². The van der Waals surface area contributed by atoms with Gasteiger partial charge < -0.3 is 0 Å². The van der Waals surface area contributed by atoms with Crippen LogP contribution in [0.4, 0.5) is 0 Å². The summed E-state index contributed by atoms with van der Waals surface area (Å²) in [6.07, 6.45) is 5.19. The smallest absolute Gasteiger partial charge is 0.193 e. The molecular weight excluding hydrogens is 258 g/mol. The van der Waals surface area contributed by atoms with Crippen molar-refractivity contribution >= 4 is 17.4 Å². The van der Waals surface area contributed by atoms with Gasteiger partial charge in [-0.1, -0.05) is 42.3 Å². The third-order valence-corrected chi connectivity index (χ3v) is 3.95. The highest BCUT2D eigenvalue weighted by Gasteiger charge is 2.24.